The van der Waals surface area contributed by atoms with Gasteiger partial charge in [0.1, 0.15) is 0 Å². The van der Waals surface area contributed by atoms with Crippen molar-refractivity contribution in [3.8, 4) is 0 Å². The summed E-state index contributed by atoms with van der Waals surface area (Å²) >= 11 is 1.33. The Hall–Kier alpha value is -2.08. The van der Waals surface area contributed by atoms with Crippen molar-refractivity contribution >= 4 is 28.2 Å². The van der Waals surface area contributed by atoms with E-state index in [0.717, 1.165) is 31.4 Å². The van der Waals surface area contributed by atoms with Crippen molar-refractivity contribution in [1.29, 1.82) is 0 Å². The highest BCUT2D eigenvalue weighted by atomic mass is 32.1. The van der Waals surface area contributed by atoms with Gasteiger partial charge in [-0.2, -0.15) is 0 Å². The number of carbonyl (C=O) groups excluding carboxylic acids is 2. The van der Waals surface area contributed by atoms with Crippen LogP contribution in [0.5, 0.6) is 0 Å². The minimum atomic E-state index is -0.301. The normalized spacial score (nSPS) is 17.8. The predicted octanol–water partition coefficient (Wildman–Crippen LogP) is 4.31. The van der Waals surface area contributed by atoms with Crippen LogP contribution in [0.4, 0.5) is 5.00 Å². The standard InChI is InChI=1S/C18H22N2O3S/c1-3-13-7-4-5-9-20(13)18(22)16-12(2)11-15(24-16)19-17(21)14-8-6-10-23-14/h6,8,10-11,13H,3-5,7,9H2,1-2H3,(H,19,21). The van der Waals surface area contributed by atoms with Gasteiger partial charge in [0.05, 0.1) is 16.1 Å². The molecule has 0 saturated carbocycles. The van der Waals surface area contributed by atoms with E-state index in [2.05, 4.69) is 12.2 Å². The second-order valence-corrected chi connectivity index (χ2v) is 7.16. The van der Waals surface area contributed by atoms with E-state index in [4.69, 9.17) is 4.42 Å². The van der Waals surface area contributed by atoms with Gasteiger partial charge in [-0.05, 0) is 56.4 Å². The fourth-order valence-electron chi connectivity index (χ4n) is 3.16. The zero-order valence-electron chi connectivity index (χ0n) is 14.0. The lowest BCUT2D eigenvalue weighted by molar-refractivity contribution is 0.0612. The lowest BCUT2D eigenvalue weighted by Crippen LogP contribution is -2.43. The molecule has 2 aromatic rings. The third-order valence-corrected chi connectivity index (χ3v) is 5.59. The first-order valence-electron chi connectivity index (χ1n) is 8.36. The summed E-state index contributed by atoms with van der Waals surface area (Å²) in [4.78, 5) is 27.7. The summed E-state index contributed by atoms with van der Waals surface area (Å²) < 4.78 is 5.09. The average molecular weight is 346 g/mol. The molecular formula is C18H22N2O3S. The van der Waals surface area contributed by atoms with Crippen molar-refractivity contribution in [3.63, 3.8) is 0 Å². The van der Waals surface area contributed by atoms with Crippen molar-refractivity contribution < 1.29 is 14.0 Å². The summed E-state index contributed by atoms with van der Waals surface area (Å²) in [5.41, 5.74) is 0.903. The van der Waals surface area contributed by atoms with E-state index in [9.17, 15) is 9.59 Å². The minimum Gasteiger partial charge on any atom is -0.459 e. The molecule has 2 aromatic heterocycles. The number of thiophene rings is 1. The number of nitrogens with one attached hydrogen (secondary N) is 1. The van der Waals surface area contributed by atoms with Crippen molar-refractivity contribution in [3.05, 3.63) is 40.7 Å². The van der Waals surface area contributed by atoms with Gasteiger partial charge in [0.25, 0.3) is 11.8 Å². The summed E-state index contributed by atoms with van der Waals surface area (Å²) in [6, 6.07) is 5.46. The van der Waals surface area contributed by atoms with Gasteiger partial charge in [0, 0.05) is 12.6 Å². The molecule has 0 bridgehead atoms. The van der Waals surface area contributed by atoms with E-state index in [1.165, 1.54) is 24.0 Å². The number of hydrogen-bond acceptors (Lipinski definition) is 4. The van der Waals surface area contributed by atoms with E-state index < -0.39 is 0 Å². The Labute approximate surface area is 145 Å². The minimum absolute atomic E-state index is 0.0857. The van der Waals surface area contributed by atoms with Gasteiger partial charge in [0.2, 0.25) is 0 Å². The number of rotatable bonds is 4. The van der Waals surface area contributed by atoms with Crippen LogP contribution in [0.25, 0.3) is 0 Å². The van der Waals surface area contributed by atoms with Crippen molar-refractivity contribution in [2.75, 3.05) is 11.9 Å². The van der Waals surface area contributed by atoms with Gasteiger partial charge < -0.3 is 14.6 Å². The molecule has 0 radical (unpaired) electrons. The van der Waals surface area contributed by atoms with E-state index in [0.29, 0.717) is 15.9 Å². The maximum Gasteiger partial charge on any atom is 0.291 e. The van der Waals surface area contributed by atoms with Crippen LogP contribution in [-0.2, 0) is 0 Å². The number of furan rings is 1. The first-order valence-corrected chi connectivity index (χ1v) is 9.18. The summed E-state index contributed by atoms with van der Waals surface area (Å²) in [6.07, 6.45) is 5.78. The van der Waals surface area contributed by atoms with Crippen LogP contribution in [0.1, 0.15) is 58.4 Å². The Morgan fingerprint density at radius 1 is 1.42 bits per heavy atom. The number of likely N-dealkylation sites (tertiary alicyclic amines) is 1. The lowest BCUT2D eigenvalue weighted by Gasteiger charge is -2.35. The molecular weight excluding hydrogens is 324 g/mol. The molecule has 24 heavy (non-hydrogen) atoms. The zero-order chi connectivity index (χ0) is 17.1. The van der Waals surface area contributed by atoms with Crippen LogP contribution >= 0.6 is 11.3 Å². The van der Waals surface area contributed by atoms with Gasteiger partial charge in [0.15, 0.2) is 5.76 Å². The number of hydrogen-bond donors (Lipinski definition) is 1. The van der Waals surface area contributed by atoms with Crippen molar-refractivity contribution in [2.45, 2.75) is 45.6 Å². The highest BCUT2D eigenvalue weighted by Crippen LogP contribution is 2.30. The molecule has 3 rings (SSSR count). The quantitative estimate of drug-likeness (QED) is 0.897. The smallest absolute Gasteiger partial charge is 0.291 e. The molecule has 3 heterocycles. The molecule has 1 saturated heterocycles. The molecule has 1 unspecified atom stereocenters. The fraction of sp³-hybridized carbons (Fsp3) is 0.444. The van der Waals surface area contributed by atoms with Crippen LogP contribution < -0.4 is 5.32 Å². The first kappa shape index (κ1) is 16.8. The number of carbonyl (C=O) groups is 2. The van der Waals surface area contributed by atoms with Crippen molar-refractivity contribution in [1.82, 2.24) is 4.90 Å². The number of amides is 2. The van der Waals surface area contributed by atoms with E-state index in [1.807, 2.05) is 17.9 Å². The number of piperidine rings is 1. The maximum atomic E-state index is 12.9. The summed E-state index contributed by atoms with van der Waals surface area (Å²) in [6.45, 7) is 4.87. The SMILES string of the molecule is CCC1CCCCN1C(=O)c1sc(NC(=O)c2ccco2)cc1C. The van der Waals surface area contributed by atoms with E-state index >= 15 is 0 Å². The van der Waals surface area contributed by atoms with Crippen LogP contribution in [0.3, 0.4) is 0 Å². The van der Waals surface area contributed by atoms with Crippen LogP contribution in [0, 0.1) is 6.92 Å². The molecule has 1 aliphatic heterocycles. The molecule has 1 atom stereocenters. The summed E-state index contributed by atoms with van der Waals surface area (Å²) in [7, 11) is 0. The Balaban J connectivity index is 1.76. The molecule has 0 aromatic carbocycles. The highest BCUT2D eigenvalue weighted by molar-refractivity contribution is 7.18. The predicted molar refractivity (Wildman–Crippen MR) is 94.7 cm³/mol. The van der Waals surface area contributed by atoms with E-state index in [1.54, 1.807) is 12.1 Å². The molecule has 1 N–H and O–H groups in total. The van der Waals surface area contributed by atoms with Crippen LogP contribution in [0.15, 0.2) is 28.9 Å². The van der Waals surface area contributed by atoms with Gasteiger partial charge in [-0.3, -0.25) is 9.59 Å². The van der Waals surface area contributed by atoms with E-state index in [-0.39, 0.29) is 17.6 Å². The zero-order valence-corrected chi connectivity index (χ0v) is 14.8. The summed E-state index contributed by atoms with van der Waals surface area (Å²) in [5, 5.41) is 3.47. The molecule has 1 aliphatic rings. The third kappa shape index (κ3) is 3.38. The number of anilines is 1. The van der Waals surface area contributed by atoms with Gasteiger partial charge >= 0.3 is 0 Å². The monoisotopic (exact) mass is 346 g/mol. The van der Waals surface area contributed by atoms with Crippen LogP contribution in [-0.4, -0.2) is 29.3 Å². The third-order valence-electron chi connectivity index (χ3n) is 4.45. The average Bonchev–Trinajstić information content (AvgIpc) is 3.24. The maximum absolute atomic E-state index is 12.9. The van der Waals surface area contributed by atoms with Crippen molar-refractivity contribution in [2.24, 2.45) is 0 Å². The molecule has 0 spiro atoms. The Morgan fingerprint density at radius 3 is 2.96 bits per heavy atom. The number of nitrogens with zero attached hydrogens (tertiary/aromatic N) is 1. The van der Waals surface area contributed by atoms with Gasteiger partial charge in [-0.15, -0.1) is 11.3 Å². The molecule has 1 fully saturated rings. The molecule has 128 valence electrons. The second kappa shape index (κ2) is 7.21. The fourth-order valence-corrected chi connectivity index (χ4v) is 4.18. The first-order chi connectivity index (χ1) is 11.6. The lowest BCUT2D eigenvalue weighted by atomic mass is 9.99. The Morgan fingerprint density at radius 2 is 2.25 bits per heavy atom. The largest absolute Gasteiger partial charge is 0.459 e. The molecule has 0 aliphatic carbocycles. The number of aryl methyl sites for hydroxylation is 1. The Bertz CT molecular complexity index is 721. The van der Waals surface area contributed by atoms with Gasteiger partial charge in [-0.25, -0.2) is 0 Å². The summed E-state index contributed by atoms with van der Waals surface area (Å²) in [5.74, 6) is 0.0446. The highest BCUT2D eigenvalue weighted by Gasteiger charge is 2.28. The second-order valence-electron chi connectivity index (χ2n) is 6.11. The van der Waals surface area contributed by atoms with Crippen LogP contribution in [0.2, 0.25) is 0 Å². The van der Waals surface area contributed by atoms with Gasteiger partial charge in [-0.1, -0.05) is 6.92 Å². The topological polar surface area (TPSA) is 62.6 Å². The molecule has 6 heteroatoms. The molecule has 5 nitrogen and oxygen atoms in total. The molecule has 2 amide bonds. The Kier molecular flexibility index (Phi) is 5.04.